The first kappa shape index (κ1) is 37.6. The molecule has 5 aliphatic rings. The molecular formula is C40H49N5O8S. The second-order valence-corrected chi connectivity index (χ2v) is 17.1. The molecule has 0 aromatic heterocycles. The van der Waals surface area contributed by atoms with Gasteiger partial charge in [-0.15, -0.1) is 0 Å². The van der Waals surface area contributed by atoms with Crippen molar-refractivity contribution in [3.05, 3.63) is 83.9 Å². The van der Waals surface area contributed by atoms with Crippen LogP contribution in [-0.2, 0) is 34.0 Å². The van der Waals surface area contributed by atoms with Crippen molar-refractivity contribution in [1.82, 2.24) is 20.3 Å². The van der Waals surface area contributed by atoms with E-state index < -0.39 is 68.7 Å². The highest BCUT2D eigenvalue weighted by molar-refractivity contribution is 7.91. The fraction of sp³-hybridized carbons (Fsp3) is 0.525. The summed E-state index contributed by atoms with van der Waals surface area (Å²) in [6.07, 6.45) is 10.3. The van der Waals surface area contributed by atoms with Crippen LogP contribution in [0.5, 0.6) is 0 Å². The number of alkyl carbamates (subject to hydrolysis) is 1. The van der Waals surface area contributed by atoms with Crippen molar-refractivity contribution in [2.45, 2.75) is 119 Å². The molecule has 0 spiro atoms. The van der Waals surface area contributed by atoms with Gasteiger partial charge < -0.3 is 25.1 Å². The van der Waals surface area contributed by atoms with Crippen molar-refractivity contribution >= 4 is 39.5 Å². The van der Waals surface area contributed by atoms with Crippen LogP contribution < -0.4 is 15.4 Å². The summed E-state index contributed by atoms with van der Waals surface area (Å²) >= 11 is 0. The third kappa shape index (κ3) is 8.80. The van der Waals surface area contributed by atoms with Crippen LogP contribution in [0, 0.1) is 5.92 Å². The van der Waals surface area contributed by atoms with Gasteiger partial charge in [-0.3, -0.25) is 19.1 Å². The number of carbonyl (C=O) groups excluding carboxylic acids is 4. The number of carbonyl (C=O) groups is 4. The number of rotatable bonds is 9. The second-order valence-electron chi connectivity index (χ2n) is 15.2. The predicted octanol–water partition coefficient (Wildman–Crippen LogP) is 4.47. The maximum Gasteiger partial charge on any atom is 0.408 e. The Labute approximate surface area is 316 Å². The first-order valence-corrected chi connectivity index (χ1v) is 20.8. The van der Waals surface area contributed by atoms with E-state index in [1.807, 2.05) is 72.8 Å². The van der Waals surface area contributed by atoms with Gasteiger partial charge in [-0.1, -0.05) is 90.8 Å². The Bertz CT molecular complexity index is 1820. The molecule has 288 valence electrons. The molecule has 1 saturated heterocycles. The molecule has 3 aliphatic carbocycles. The quantitative estimate of drug-likeness (QED) is 0.191. The highest BCUT2D eigenvalue weighted by atomic mass is 32.2. The van der Waals surface area contributed by atoms with Crippen molar-refractivity contribution in [3.8, 4) is 0 Å². The lowest BCUT2D eigenvalue weighted by Gasteiger charge is -2.30. The fourth-order valence-corrected chi connectivity index (χ4v) is 9.13. The lowest BCUT2D eigenvalue weighted by molar-refractivity contribution is -0.141. The highest BCUT2D eigenvalue weighted by Gasteiger charge is 2.62. The summed E-state index contributed by atoms with van der Waals surface area (Å²) in [5, 5.41) is 9.65. The molecule has 13 nitrogen and oxygen atoms in total. The van der Waals surface area contributed by atoms with Crippen molar-refractivity contribution in [2.24, 2.45) is 11.1 Å². The first-order chi connectivity index (χ1) is 26.1. The van der Waals surface area contributed by atoms with E-state index in [1.54, 1.807) is 0 Å². The molecule has 14 heteroatoms. The van der Waals surface area contributed by atoms with Crippen LogP contribution in [0.1, 0.15) is 94.6 Å². The zero-order valence-electron chi connectivity index (χ0n) is 30.4. The Morgan fingerprint density at radius 1 is 0.852 bits per heavy atom. The van der Waals surface area contributed by atoms with E-state index in [9.17, 15) is 27.6 Å². The standard InChI is InChI=1S/C40H49N5O8S/c46-36-34-24-31(53-43-35(27-14-6-4-7-15-27)28-16-8-5-9-17-28)26-45(34)37(47)33(41-39(49)52-30-19-12-13-20-30)21-11-3-1-2-10-18-29-25-40(29,42-36)38(48)44-54(50,51)32-22-23-32/h4-10,14-18,29-34H,1-3,11-13,19-26H2,(H,41,49)(H,42,46)(H,44,48)/b18-10-/t29-,31+,33+,34-,40-/m0/s1. The summed E-state index contributed by atoms with van der Waals surface area (Å²) < 4.78 is 33.6. The number of benzene rings is 2. The number of nitrogens with one attached hydrogen (secondary N) is 3. The Hall–Kier alpha value is -4.72. The van der Waals surface area contributed by atoms with E-state index in [2.05, 4.69) is 20.5 Å². The van der Waals surface area contributed by atoms with E-state index >= 15 is 0 Å². The van der Waals surface area contributed by atoms with Crippen LogP contribution in [0.15, 0.2) is 78.0 Å². The number of oxime groups is 1. The van der Waals surface area contributed by atoms with Gasteiger partial charge in [-0.2, -0.15) is 0 Å². The monoisotopic (exact) mass is 759 g/mol. The first-order valence-electron chi connectivity index (χ1n) is 19.3. The predicted molar refractivity (Wildman–Crippen MR) is 200 cm³/mol. The Morgan fingerprint density at radius 2 is 1.52 bits per heavy atom. The van der Waals surface area contributed by atoms with Gasteiger partial charge in [0.05, 0.1) is 11.8 Å². The van der Waals surface area contributed by atoms with Crippen LogP contribution in [0.2, 0.25) is 0 Å². The smallest absolute Gasteiger partial charge is 0.408 e. The summed E-state index contributed by atoms with van der Waals surface area (Å²) in [6.45, 7) is -0.00822. The minimum atomic E-state index is -3.88. The van der Waals surface area contributed by atoms with Gasteiger partial charge in [0, 0.05) is 23.5 Å². The van der Waals surface area contributed by atoms with E-state index in [0.29, 0.717) is 37.8 Å². The maximum absolute atomic E-state index is 14.5. The van der Waals surface area contributed by atoms with Crippen molar-refractivity contribution in [2.75, 3.05) is 6.54 Å². The molecule has 2 aliphatic heterocycles. The summed E-state index contributed by atoms with van der Waals surface area (Å²) in [4.78, 5) is 63.2. The molecule has 0 unspecified atom stereocenters. The number of sulfonamides is 1. The zero-order valence-corrected chi connectivity index (χ0v) is 31.2. The lowest BCUT2D eigenvalue weighted by Crippen LogP contribution is -2.58. The maximum atomic E-state index is 14.5. The third-order valence-electron chi connectivity index (χ3n) is 11.1. The van der Waals surface area contributed by atoms with Crippen LogP contribution in [-0.4, -0.2) is 84.5 Å². The Morgan fingerprint density at radius 3 is 2.19 bits per heavy atom. The molecular weight excluding hydrogens is 711 g/mol. The van der Waals surface area contributed by atoms with Gasteiger partial charge in [0.1, 0.15) is 35.5 Å². The Balaban J connectivity index is 1.17. The molecule has 2 heterocycles. The third-order valence-corrected chi connectivity index (χ3v) is 12.9. The molecule has 7 rings (SSSR count). The fourth-order valence-electron chi connectivity index (χ4n) is 7.76. The summed E-state index contributed by atoms with van der Waals surface area (Å²) in [6, 6.07) is 17.0. The summed E-state index contributed by atoms with van der Waals surface area (Å²) in [5.74, 6) is -2.27. The van der Waals surface area contributed by atoms with Crippen LogP contribution in [0.4, 0.5) is 4.79 Å². The molecule has 0 bridgehead atoms. The van der Waals surface area contributed by atoms with Gasteiger partial charge in [-0.25, -0.2) is 13.2 Å². The molecule has 2 aromatic rings. The second kappa shape index (κ2) is 16.3. The molecule has 5 atom stereocenters. The van der Waals surface area contributed by atoms with Gasteiger partial charge in [-0.05, 0) is 64.2 Å². The molecule has 4 fully saturated rings. The average Bonchev–Trinajstić information content (AvgIpc) is 4.04. The average molecular weight is 760 g/mol. The topological polar surface area (TPSA) is 173 Å². The number of amides is 4. The van der Waals surface area contributed by atoms with Gasteiger partial charge in [0.15, 0.2) is 0 Å². The zero-order chi connectivity index (χ0) is 37.7. The molecule has 2 aromatic carbocycles. The van der Waals surface area contributed by atoms with Gasteiger partial charge in [0.2, 0.25) is 21.8 Å². The minimum Gasteiger partial charge on any atom is -0.446 e. The largest absolute Gasteiger partial charge is 0.446 e. The van der Waals surface area contributed by atoms with Gasteiger partial charge >= 0.3 is 6.09 Å². The van der Waals surface area contributed by atoms with Crippen LogP contribution >= 0.6 is 0 Å². The highest BCUT2D eigenvalue weighted by Crippen LogP contribution is 2.46. The van der Waals surface area contributed by atoms with Crippen molar-refractivity contribution in [3.63, 3.8) is 0 Å². The number of ether oxygens (including phenoxy) is 1. The number of hydrogen-bond acceptors (Lipinski definition) is 9. The Kier molecular flexibility index (Phi) is 11.4. The molecule has 3 N–H and O–H groups in total. The number of hydrogen-bond donors (Lipinski definition) is 3. The molecule has 0 radical (unpaired) electrons. The van der Waals surface area contributed by atoms with E-state index in [-0.39, 0.29) is 25.5 Å². The number of allylic oxidation sites excluding steroid dienone is 1. The molecule has 4 amide bonds. The van der Waals surface area contributed by atoms with Gasteiger partial charge in [0.25, 0.3) is 5.91 Å². The van der Waals surface area contributed by atoms with E-state index in [4.69, 9.17) is 9.57 Å². The number of fused-ring (bicyclic) bond motifs is 2. The van der Waals surface area contributed by atoms with Crippen molar-refractivity contribution in [1.29, 1.82) is 0 Å². The normalized spacial score (nSPS) is 28.3. The molecule has 54 heavy (non-hydrogen) atoms. The molecule has 3 saturated carbocycles. The van der Waals surface area contributed by atoms with Crippen LogP contribution in [0.25, 0.3) is 0 Å². The van der Waals surface area contributed by atoms with Crippen molar-refractivity contribution < 1.29 is 37.2 Å². The SMILES string of the molecule is O=C(N[C@@H]1CCCCC/C=C\[C@H]2C[C@]2(C(=O)NS(=O)(=O)C2CC2)NC(=O)[C@@H]2C[C@@H](ON=C(c3ccccc3)c3ccccc3)CN2C1=O)OC1CCCC1. The van der Waals surface area contributed by atoms with E-state index in [0.717, 1.165) is 49.7 Å². The summed E-state index contributed by atoms with van der Waals surface area (Å²) in [5.41, 5.74) is 0.721. The van der Waals surface area contributed by atoms with E-state index in [1.165, 1.54) is 4.90 Å². The minimum absolute atomic E-state index is 0.00822. The summed E-state index contributed by atoms with van der Waals surface area (Å²) in [7, 11) is -3.88. The van der Waals surface area contributed by atoms with Crippen LogP contribution in [0.3, 0.4) is 0 Å². The number of nitrogens with zero attached hydrogens (tertiary/aromatic N) is 2. The lowest BCUT2D eigenvalue weighted by atomic mass is 10.0.